The fourth-order valence-electron chi connectivity index (χ4n) is 2.86. The van der Waals surface area contributed by atoms with Crippen molar-refractivity contribution in [1.29, 1.82) is 0 Å². The molecule has 0 atom stereocenters. The van der Waals surface area contributed by atoms with Gasteiger partial charge in [-0.05, 0) is 31.4 Å². The minimum absolute atomic E-state index is 0.0939. The fourth-order valence-corrected chi connectivity index (χ4v) is 3.04. The van der Waals surface area contributed by atoms with E-state index >= 15 is 0 Å². The minimum Gasteiger partial charge on any atom is -0.341 e. The van der Waals surface area contributed by atoms with Gasteiger partial charge in [-0.3, -0.25) is 20.2 Å². The van der Waals surface area contributed by atoms with Gasteiger partial charge in [-0.25, -0.2) is 9.97 Å². The van der Waals surface area contributed by atoms with Crippen molar-refractivity contribution in [2.24, 2.45) is 0 Å². The molecule has 2 N–H and O–H groups in total. The number of amides is 1. The van der Waals surface area contributed by atoms with Crippen LogP contribution in [0.25, 0.3) is 11.5 Å². The molecule has 0 aromatic carbocycles. The minimum atomic E-state index is -0.493. The summed E-state index contributed by atoms with van der Waals surface area (Å²) in [5.74, 6) is 0.587. The van der Waals surface area contributed by atoms with E-state index < -0.39 is 5.91 Å². The molecule has 1 saturated heterocycles. The first-order chi connectivity index (χ1) is 13.2. The van der Waals surface area contributed by atoms with Crippen molar-refractivity contribution < 1.29 is 4.79 Å². The first-order valence-electron chi connectivity index (χ1n) is 8.63. The van der Waals surface area contributed by atoms with Gasteiger partial charge >= 0.3 is 0 Å². The van der Waals surface area contributed by atoms with Gasteiger partial charge in [-0.1, -0.05) is 17.7 Å². The summed E-state index contributed by atoms with van der Waals surface area (Å²) in [7, 11) is 0. The third kappa shape index (κ3) is 3.87. The van der Waals surface area contributed by atoms with Gasteiger partial charge in [-0.2, -0.15) is 4.98 Å². The van der Waals surface area contributed by atoms with Gasteiger partial charge in [0.05, 0.1) is 11.2 Å². The monoisotopic (exact) mass is 384 g/mol. The van der Waals surface area contributed by atoms with Crippen molar-refractivity contribution in [3.8, 4) is 11.5 Å². The molecule has 0 aliphatic carbocycles. The van der Waals surface area contributed by atoms with E-state index in [1.165, 1.54) is 12.6 Å². The Hall–Kier alpha value is -3.07. The van der Waals surface area contributed by atoms with E-state index in [0.717, 1.165) is 25.9 Å². The van der Waals surface area contributed by atoms with Crippen molar-refractivity contribution in [1.82, 2.24) is 30.1 Å². The molecular formula is C17H17ClN8O. The van der Waals surface area contributed by atoms with Gasteiger partial charge in [0, 0.05) is 19.3 Å². The fraction of sp³-hybridized carbons (Fsp3) is 0.294. The van der Waals surface area contributed by atoms with E-state index in [2.05, 4.69) is 40.3 Å². The lowest BCUT2D eigenvalue weighted by Crippen LogP contribution is -2.31. The van der Waals surface area contributed by atoms with Crippen LogP contribution in [0.5, 0.6) is 0 Å². The number of nitrogens with zero attached hydrogens (tertiary/aromatic N) is 6. The van der Waals surface area contributed by atoms with Crippen molar-refractivity contribution >= 4 is 29.4 Å². The van der Waals surface area contributed by atoms with E-state index in [-0.39, 0.29) is 16.7 Å². The standard InChI is InChI=1S/C17H17ClN8O/c18-11-10-20-17(26-8-4-1-5-9-26)21-13(11)15(27)23-16-22-14(24-25-16)12-6-2-3-7-19-12/h2-3,6-7,10H,1,4-5,8-9H2,(H2,22,23,24,25,27). The number of hydrogen-bond donors (Lipinski definition) is 2. The number of aromatic amines is 1. The number of carbonyl (C=O) groups excluding carboxylic acids is 1. The summed E-state index contributed by atoms with van der Waals surface area (Å²) in [5, 5.41) is 9.52. The number of aromatic nitrogens is 6. The number of halogens is 1. The van der Waals surface area contributed by atoms with Gasteiger partial charge in [0.15, 0.2) is 11.5 Å². The molecule has 138 valence electrons. The Morgan fingerprint density at radius 2 is 2.00 bits per heavy atom. The zero-order valence-corrected chi connectivity index (χ0v) is 15.1. The second kappa shape index (κ2) is 7.67. The summed E-state index contributed by atoms with van der Waals surface area (Å²) in [6.07, 6.45) is 6.46. The topological polar surface area (TPSA) is 113 Å². The molecule has 0 unspecified atom stereocenters. The van der Waals surface area contributed by atoms with Crippen molar-refractivity contribution in [3.63, 3.8) is 0 Å². The largest absolute Gasteiger partial charge is 0.341 e. The van der Waals surface area contributed by atoms with Gasteiger partial charge in [-0.15, -0.1) is 5.10 Å². The lowest BCUT2D eigenvalue weighted by molar-refractivity contribution is 0.102. The van der Waals surface area contributed by atoms with E-state index in [1.54, 1.807) is 18.3 Å². The van der Waals surface area contributed by atoms with Crippen LogP contribution in [0.4, 0.5) is 11.9 Å². The number of H-pyrrole nitrogens is 1. The highest BCUT2D eigenvalue weighted by Gasteiger charge is 2.20. The maximum atomic E-state index is 12.6. The van der Waals surface area contributed by atoms with E-state index in [9.17, 15) is 4.79 Å². The highest BCUT2D eigenvalue weighted by Crippen LogP contribution is 2.20. The Labute approximate surface area is 160 Å². The van der Waals surface area contributed by atoms with Gasteiger partial charge < -0.3 is 4.90 Å². The maximum Gasteiger partial charge on any atom is 0.278 e. The molecule has 1 aliphatic heterocycles. The molecule has 1 amide bonds. The summed E-state index contributed by atoms with van der Waals surface area (Å²) in [4.78, 5) is 31.7. The Bertz CT molecular complexity index is 939. The highest BCUT2D eigenvalue weighted by atomic mass is 35.5. The number of carbonyl (C=O) groups is 1. The third-order valence-corrected chi connectivity index (χ3v) is 4.48. The average Bonchev–Trinajstić information content (AvgIpc) is 3.18. The van der Waals surface area contributed by atoms with Crippen molar-refractivity contribution in [2.45, 2.75) is 19.3 Å². The molecule has 0 saturated carbocycles. The summed E-state index contributed by atoms with van der Waals surface area (Å²) < 4.78 is 0. The third-order valence-electron chi connectivity index (χ3n) is 4.20. The van der Waals surface area contributed by atoms with Crippen LogP contribution in [0.3, 0.4) is 0 Å². The Morgan fingerprint density at radius 3 is 2.78 bits per heavy atom. The molecular weight excluding hydrogens is 368 g/mol. The molecule has 3 aromatic rings. The highest BCUT2D eigenvalue weighted by molar-refractivity contribution is 6.33. The average molecular weight is 385 g/mol. The summed E-state index contributed by atoms with van der Waals surface area (Å²) in [5.41, 5.74) is 0.717. The predicted octanol–water partition coefficient (Wildman–Crippen LogP) is 2.55. The van der Waals surface area contributed by atoms with Gasteiger partial charge in [0.2, 0.25) is 11.9 Å². The normalized spacial score (nSPS) is 14.2. The number of rotatable bonds is 4. The second-order valence-electron chi connectivity index (χ2n) is 6.09. The van der Waals surface area contributed by atoms with Gasteiger partial charge in [0.25, 0.3) is 5.91 Å². The van der Waals surface area contributed by atoms with E-state index in [1.807, 2.05) is 6.07 Å². The summed E-state index contributed by atoms with van der Waals surface area (Å²) in [6, 6.07) is 5.43. The molecule has 0 bridgehead atoms. The Balaban J connectivity index is 1.52. The van der Waals surface area contributed by atoms with Crippen LogP contribution in [0.2, 0.25) is 5.02 Å². The number of pyridine rings is 1. The maximum absolute atomic E-state index is 12.6. The molecule has 27 heavy (non-hydrogen) atoms. The molecule has 1 fully saturated rings. The van der Waals surface area contributed by atoms with Crippen LogP contribution in [-0.4, -0.2) is 49.1 Å². The van der Waals surface area contributed by atoms with Crippen LogP contribution >= 0.6 is 11.6 Å². The van der Waals surface area contributed by atoms with Crippen LogP contribution in [0.1, 0.15) is 29.8 Å². The Morgan fingerprint density at radius 1 is 1.15 bits per heavy atom. The zero-order valence-electron chi connectivity index (χ0n) is 14.4. The van der Waals surface area contributed by atoms with E-state index in [4.69, 9.17) is 11.6 Å². The molecule has 4 heterocycles. The van der Waals surface area contributed by atoms with Crippen LogP contribution in [0.15, 0.2) is 30.6 Å². The number of anilines is 2. The van der Waals surface area contributed by atoms with Gasteiger partial charge in [0.1, 0.15) is 5.69 Å². The summed E-state index contributed by atoms with van der Waals surface area (Å²) >= 11 is 6.13. The Kier molecular flexibility index (Phi) is 4.93. The molecule has 1 aliphatic rings. The molecule has 10 heteroatoms. The van der Waals surface area contributed by atoms with Crippen molar-refractivity contribution in [2.75, 3.05) is 23.3 Å². The molecule has 0 spiro atoms. The second-order valence-corrected chi connectivity index (χ2v) is 6.50. The van der Waals surface area contributed by atoms with Crippen LogP contribution in [-0.2, 0) is 0 Å². The predicted molar refractivity (Wildman–Crippen MR) is 101 cm³/mol. The van der Waals surface area contributed by atoms with Crippen LogP contribution in [0, 0.1) is 0 Å². The smallest absolute Gasteiger partial charge is 0.278 e. The zero-order chi connectivity index (χ0) is 18.6. The molecule has 9 nitrogen and oxygen atoms in total. The SMILES string of the molecule is O=C(Nc1n[nH]c(-c2ccccn2)n1)c1nc(N2CCCCC2)ncc1Cl. The van der Waals surface area contributed by atoms with Crippen molar-refractivity contribution in [3.05, 3.63) is 41.3 Å². The molecule has 4 rings (SSSR count). The molecule has 0 radical (unpaired) electrons. The lowest BCUT2D eigenvalue weighted by atomic mass is 10.1. The quantitative estimate of drug-likeness (QED) is 0.710. The number of nitrogens with one attached hydrogen (secondary N) is 2. The van der Waals surface area contributed by atoms with E-state index in [0.29, 0.717) is 17.5 Å². The van der Waals surface area contributed by atoms with Crippen LogP contribution < -0.4 is 10.2 Å². The first kappa shape index (κ1) is 17.3. The molecule has 3 aromatic heterocycles. The first-order valence-corrected chi connectivity index (χ1v) is 9.01. The number of piperidine rings is 1. The summed E-state index contributed by atoms with van der Waals surface area (Å²) in [6.45, 7) is 1.74. The lowest BCUT2D eigenvalue weighted by Gasteiger charge is -2.26. The number of hydrogen-bond acceptors (Lipinski definition) is 7.